The first-order chi connectivity index (χ1) is 12.8. The van der Waals surface area contributed by atoms with E-state index in [9.17, 15) is 9.59 Å². The molecule has 0 unspecified atom stereocenters. The van der Waals surface area contributed by atoms with Crippen molar-refractivity contribution < 1.29 is 39.0 Å². The number of hydrogen-bond acceptors (Lipinski definition) is 7. The summed E-state index contributed by atoms with van der Waals surface area (Å²) >= 11 is 0. The predicted octanol–water partition coefficient (Wildman–Crippen LogP) is 0.583. The first kappa shape index (κ1) is 21.0. The van der Waals surface area contributed by atoms with Crippen molar-refractivity contribution in [3.8, 4) is 11.5 Å². The van der Waals surface area contributed by atoms with Gasteiger partial charge in [0.05, 0.1) is 19.6 Å². The van der Waals surface area contributed by atoms with E-state index in [4.69, 9.17) is 23.7 Å². The monoisotopic (exact) mass is 382 g/mol. The summed E-state index contributed by atoms with van der Waals surface area (Å²) in [6, 6.07) is 6.30. The molecule has 4 atom stereocenters. The second kappa shape index (κ2) is 9.57. The molecule has 0 saturated carbocycles. The van der Waals surface area contributed by atoms with E-state index in [2.05, 4.69) is 5.73 Å². The molecule has 2 rings (SSSR count). The van der Waals surface area contributed by atoms with E-state index in [0.717, 1.165) is 0 Å². The van der Waals surface area contributed by atoms with Crippen LogP contribution in [0.1, 0.15) is 20.8 Å². The molecule has 0 spiro atoms. The maximum atomic E-state index is 12.1. The first-order valence-electron chi connectivity index (χ1n) is 8.94. The van der Waals surface area contributed by atoms with Crippen LogP contribution in [0.5, 0.6) is 11.5 Å². The normalized spacial score (nSPS) is 26.4. The van der Waals surface area contributed by atoms with E-state index in [1.165, 1.54) is 0 Å². The molecule has 1 heterocycles. The number of methoxy groups -OCH3 is 1. The van der Waals surface area contributed by atoms with Crippen LogP contribution in [0, 0.1) is 5.92 Å². The molecule has 0 radical (unpaired) electrons. The van der Waals surface area contributed by atoms with E-state index in [1.54, 1.807) is 52.1 Å². The van der Waals surface area contributed by atoms with Crippen molar-refractivity contribution >= 4 is 11.9 Å². The molecule has 1 aliphatic rings. The lowest BCUT2D eigenvalue weighted by molar-refractivity contribution is -0.415. The van der Waals surface area contributed by atoms with E-state index in [0.29, 0.717) is 11.5 Å². The highest BCUT2D eigenvalue weighted by atomic mass is 16.6. The summed E-state index contributed by atoms with van der Waals surface area (Å²) in [5.74, 6) is 0.0392. The molecule has 1 saturated heterocycles. The number of cyclic esters (lactones) is 1. The number of carbonyl (C=O) groups is 2. The number of benzene rings is 1. The molecular weight excluding hydrogens is 354 g/mol. The Labute approximate surface area is 158 Å². The second-order valence-electron chi connectivity index (χ2n) is 6.76. The van der Waals surface area contributed by atoms with Gasteiger partial charge in [-0.05, 0) is 31.2 Å². The fraction of sp³-hybridized carbons (Fsp3) is 0.579. The highest BCUT2D eigenvalue weighted by Gasteiger charge is 2.38. The minimum atomic E-state index is -0.741. The minimum Gasteiger partial charge on any atom is -0.497 e. The fourth-order valence-electron chi connectivity index (χ4n) is 2.51. The Morgan fingerprint density at radius 3 is 2.41 bits per heavy atom. The van der Waals surface area contributed by atoms with E-state index >= 15 is 0 Å². The summed E-state index contributed by atoms with van der Waals surface area (Å²) in [6.07, 6.45) is -2.15. The summed E-state index contributed by atoms with van der Waals surface area (Å²) in [7, 11) is 1.57. The number of quaternary nitrogens is 1. The maximum absolute atomic E-state index is 12.1. The van der Waals surface area contributed by atoms with Crippen molar-refractivity contribution in [3.63, 3.8) is 0 Å². The van der Waals surface area contributed by atoms with Gasteiger partial charge in [-0.2, -0.15) is 0 Å². The summed E-state index contributed by atoms with van der Waals surface area (Å²) in [4.78, 5) is 24.2. The Kier molecular flexibility index (Phi) is 7.44. The van der Waals surface area contributed by atoms with Gasteiger partial charge in [0.25, 0.3) is 0 Å². The highest BCUT2D eigenvalue weighted by molar-refractivity contribution is 5.74. The van der Waals surface area contributed by atoms with Gasteiger partial charge in [0.15, 0.2) is 12.2 Å². The average Bonchev–Trinajstić information content (AvgIpc) is 2.68. The van der Waals surface area contributed by atoms with Crippen LogP contribution in [0.25, 0.3) is 0 Å². The third-order valence-electron chi connectivity index (χ3n) is 4.14. The van der Waals surface area contributed by atoms with Gasteiger partial charge in [0.2, 0.25) is 6.04 Å². The van der Waals surface area contributed by atoms with Gasteiger partial charge >= 0.3 is 11.9 Å². The van der Waals surface area contributed by atoms with Crippen molar-refractivity contribution in [1.82, 2.24) is 0 Å². The number of carbonyl (C=O) groups excluding carboxylic acids is 2. The maximum Gasteiger partial charge on any atom is 0.367 e. The van der Waals surface area contributed by atoms with Gasteiger partial charge in [-0.15, -0.1) is 0 Å². The molecule has 1 fully saturated rings. The zero-order chi connectivity index (χ0) is 20.0. The van der Waals surface area contributed by atoms with Crippen molar-refractivity contribution in [3.05, 3.63) is 24.3 Å². The molecule has 1 aromatic carbocycles. The van der Waals surface area contributed by atoms with Crippen LogP contribution in [0.3, 0.4) is 0 Å². The molecule has 1 aromatic rings. The number of rotatable bonds is 5. The summed E-state index contributed by atoms with van der Waals surface area (Å²) in [6.45, 7) is 5.34. The van der Waals surface area contributed by atoms with Gasteiger partial charge in [-0.3, -0.25) is 4.79 Å². The quantitative estimate of drug-likeness (QED) is 0.742. The number of esters is 2. The zero-order valence-corrected chi connectivity index (χ0v) is 16.2. The first-order valence-corrected chi connectivity index (χ1v) is 8.94. The smallest absolute Gasteiger partial charge is 0.367 e. The third-order valence-corrected chi connectivity index (χ3v) is 4.14. The van der Waals surface area contributed by atoms with Crippen LogP contribution in [-0.4, -0.2) is 56.6 Å². The van der Waals surface area contributed by atoms with Crippen molar-refractivity contribution in [2.45, 2.75) is 45.1 Å². The number of hydrogen-bond donors (Lipinski definition) is 1. The summed E-state index contributed by atoms with van der Waals surface area (Å²) in [5.41, 5.74) is 3.74. The molecule has 8 nitrogen and oxygen atoms in total. The van der Waals surface area contributed by atoms with Crippen molar-refractivity contribution in [2.75, 3.05) is 20.3 Å². The predicted molar refractivity (Wildman–Crippen MR) is 95.2 cm³/mol. The van der Waals surface area contributed by atoms with Crippen LogP contribution < -0.4 is 15.2 Å². The number of ether oxygens (including phenoxy) is 5. The van der Waals surface area contributed by atoms with Crippen LogP contribution >= 0.6 is 0 Å². The van der Waals surface area contributed by atoms with Crippen LogP contribution in [0.2, 0.25) is 0 Å². The molecule has 0 bridgehead atoms. The van der Waals surface area contributed by atoms with Crippen LogP contribution in [0.15, 0.2) is 24.3 Å². The SMILES string of the molecule is COc1ccc(O[C@H]2[C@H](C)OC(=O)[C@@H]([NH3+])COC[C@@H]2OC(=O)C(C)C)cc1. The van der Waals surface area contributed by atoms with Crippen molar-refractivity contribution in [2.24, 2.45) is 5.92 Å². The standard InChI is InChI=1S/C19H27NO7/c1-11(2)18(21)27-16-10-24-9-15(20)19(22)25-12(3)17(16)26-14-7-5-13(23-4)6-8-14/h5-8,11-12,15-17H,9-10,20H2,1-4H3/p+1/t12-,15-,16-,17-/m0/s1. The van der Waals surface area contributed by atoms with E-state index in [1.807, 2.05) is 0 Å². The summed E-state index contributed by atoms with van der Waals surface area (Å²) in [5, 5.41) is 0. The lowest BCUT2D eigenvalue weighted by atomic mass is 10.1. The Morgan fingerprint density at radius 1 is 1.19 bits per heavy atom. The van der Waals surface area contributed by atoms with Gasteiger partial charge in [-0.25, -0.2) is 4.79 Å². The van der Waals surface area contributed by atoms with Crippen LogP contribution in [-0.2, 0) is 23.8 Å². The molecule has 27 heavy (non-hydrogen) atoms. The zero-order valence-electron chi connectivity index (χ0n) is 16.2. The second-order valence-corrected chi connectivity index (χ2v) is 6.76. The Hall–Kier alpha value is -2.32. The third kappa shape index (κ3) is 5.83. The molecule has 0 amide bonds. The molecule has 3 N–H and O–H groups in total. The Balaban J connectivity index is 2.25. The van der Waals surface area contributed by atoms with Crippen molar-refractivity contribution in [1.29, 1.82) is 0 Å². The Bertz CT molecular complexity index is 631. The molecule has 1 aliphatic heterocycles. The highest BCUT2D eigenvalue weighted by Crippen LogP contribution is 2.23. The van der Waals surface area contributed by atoms with E-state index in [-0.39, 0.29) is 25.1 Å². The minimum absolute atomic E-state index is 0.0757. The van der Waals surface area contributed by atoms with Crippen LogP contribution in [0.4, 0.5) is 0 Å². The molecule has 0 aliphatic carbocycles. The van der Waals surface area contributed by atoms with Gasteiger partial charge in [-0.1, -0.05) is 13.8 Å². The molecule has 0 aromatic heterocycles. The average molecular weight is 382 g/mol. The van der Waals surface area contributed by atoms with Gasteiger partial charge < -0.3 is 29.4 Å². The summed E-state index contributed by atoms with van der Waals surface area (Å²) < 4.78 is 27.8. The van der Waals surface area contributed by atoms with Gasteiger partial charge in [0.1, 0.15) is 24.2 Å². The fourth-order valence-corrected chi connectivity index (χ4v) is 2.51. The largest absolute Gasteiger partial charge is 0.497 e. The Morgan fingerprint density at radius 2 is 1.81 bits per heavy atom. The molecule has 8 heteroatoms. The lowest BCUT2D eigenvalue weighted by Crippen LogP contribution is -2.67. The lowest BCUT2D eigenvalue weighted by Gasteiger charge is -2.31. The molecular formula is C19H28NO7+. The molecule has 150 valence electrons. The van der Waals surface area contributed by atoms with Gasteiger partial charge in [0, 0.05) is 0 Å². The van der Waals surface area contributed by atoms with E-state index < -0.39 is 30.3 Å². The topological polar surface area (TPSA) is 108 Å².